The number of rotatable bonds is 5. The minimum atomic E-state index is -1.79. The van der Waals surface area contributed by atoms with Crippen LogP contribution in [0.25, 0.3) is 0 Å². The molecule has 172 valence electrons. The first-order valence-electron chi connectivity index (χ1n) is 10.8. The van der Waals surface area contributed by atoms with E-state index in [9.17, 15) is 28.3 Å². The van der Waals surface area contributed by atoms with E-state index < -0.39 is 52.8 Å². The van der Waals surface area contributed by atoms with Crippen LogP contribution in [0.5, 0.6) is 0 Å². The monoisotopic (exact) mass is 462 g/mol. The van der Waals surface area contributed by atoms with Gasteiger partial charge in [-0.1, -0.05) is 42.5 Å². The van der Waals surface area contributed by atoms with Crippen LogP contribution in [0.4, 0.5) is 14.5 Å². The summed E-state index contributed by atoms with van der Waals surface area (Å²) in [6.07, 6.45) is -0.0433. The number of anilines is 1. The van der Waals surface area contributed by atoms with E-state index in [0.29, 0.717) is 11.1 Å². The van der Waals surface area contributed by atoms with Crippen LogP contribution in [0.15, 0.2) is 78.9 Å². The van der Waals surface area contributed by atoms with Gasteiger partial charge in [0.1, 0.15) is 17.2 Å². The lowest BCUT2D eigenvalue weighted by molar-refractivity contribution is -0.148. The fraction of sp³-hybridized carbons (Fsp3) is 0.192. The second-order valence-corrected chi connectivity index (χ2v) is 8.60. The lowest BCUT2D eigenvalue weighted by atomic mass is 9.76. The summed E-state index contributed by atoms with van der Waals surface area (Å²) in [6.45, 7) is 0. The van der Waals surface area contributed by atoms with E-state index in [1.165, 1.54) is 36.4 Å². The fourth-order valence-corrected chi connectivity index (χ4v) is 5.16. The van der Waals surface area contributed by atoms with Gasteiger partial charge in [-0.15, -0.1) is 0 Å². The van der Waals surface area contributed by atoms with Gasteiger partial charge in [-0.25, -0.2) is 13.7 Å². The third kappa shape index (κ3) is 3.38. The number of carboxylic acid groups (broad SMARTS) is 1. The summed E-state index contributed by atoms with van der Waals surface area (Å²) in [6, 6.07) is 18.3. The maximum absolute atomic E-state index is 13.7. The van der Waals surface area contributed by atoms with Crippen LogP contribution in [0, 0.1) is 23.5 Å². The van der Waals surface area contributed by atoms with Crippen LogP contribution >= 0.6 is 0 Å². The van der Waals surface area contributed by atoms with Crippen molar-refractivity contribution in [1.82, 2.24) is 5.32 Å². The van der Waals surface area contributed by atoms with Gasteiger partial charge in [-0.05, 0) is 47.5 Å². The van der Waals surface area contributed by atoms with Crippen molar-refractivity contribution < 1.29 is 28.3 Å². The van der Waals surface area contributed by atoms with Crippen LogP contribution in [-0.2, 0) is 20.8 Å². The third-order valence-electron chi connectivity index (χ3n) is 6.68. The number of aliphatic carboxylic acids is 1. The lowest BCUT2D eigenvalue weighted by Gasteiger charge is -2.31. The summed E-state index contributed by atoms with van der Waals surface area (Å²) in [5, 5.41) is 13.5. The average Bonchev–Trinajstić information content (AvgIpc) is 3.30. The van der Waals surface area contributed by atoms with Crippen molar-refractivity contribution in [3.63, 3.8) is 0 Å². The predicted octanol–water partition coefficient (Wildman–Crippen LogP) is 3.48. The molecule has 8 heteroatoms. The molecule has 5 rings (SSSR count). The molecule has 0 aromatic heterocycles. The number of carboxylic acids is 1. The summed E-state index contributed by atoms with van der Waals surface area (Å²) < 4.78 is 27.1. The van der Waals surface area contributed by atoms with Gasteiger partial charge in [0.25, 0.3) is 0 Å². The first-order chi connectivity index (χ1) is 16.3. The van der Waals surface area contributed by atoms with Gasteiger partial charge in [0.05, 0.1) is 17.5 Å². The molecule has 0 radical (unpaired) electrons. The zero-order valence-corrected chi connectivity index (χ0v) is 17.8. The standard InChI is InChI=1S/C26H20F2N2O4/c27-17-8-6-16(7-9-17)22-20-21(24(32)30(23(20)31)19-12-10-18(28)11-13-19)26(29-22,25(33)34)14-15-4-2-1-3-5-15/h1-13,20-22,29H,14H2,(H,33,34)/t20-,21+,22-,26+/m0/s1. The Morgan fingerprint density at radius 3 is 2.06 bits per heavy atom. The summed E-state index contributed by atoms with van der Waals surface area (Å²) in [4.78, 5) is 41.0. The van der Waals surface area contributed by atoms with E-state index in [-0.39, 0.29) is 12.1 Å². The van der Waals surface area contributed by atoms with Crippen molar-refractivity contribution in [2.75, 3.05) is 4.90 Å². The number of carbonyl (C=O) groups is 3. The summed E-state index contributed by atoms with van der Waals surface area (Å²) in [5.74, 6) is -5.79. The maximum Gasteiger partial charge on any atom is 0.325 e. The Bertz CT molecular complexity index is 1260. The molecule has 0 aliphatic carbocycles. The molecule has 0 saturated carbocycles. The molecule has 2 aliphatic heterocycles. The molecule has 0 spiro atoms. The number of hydrogen-bond donors (Lipinski definition) is 2. The molecular formula is C26H20F2N2O4. The molecule has 2 fully saturated rings. The number of amides is 2. The summed E-state index contributed by atoms with van der Waals surface area (Å²) >= 11 is 0. The number of imide groups is 1. The topological polar surface area (TPSA) is 86.7 Å². The van der Waals surface area contributed by atoms with Gasteiger partial charge in [0.2, 0.25) is 11.8 Å². The molecule has 4 atom stereocenters. The number of hydrogen-bond acceptors (Lipinski definition) is 4. The Labute approximate surface area is 193 Å². The van der Waals surface area contributed by atoms with Gasteiger partial charge in [0.15, 0.2) is 0 Å². The summed E-state index contributed by atoms with van der Waals surface area (Å²) in [5.41, 5.74) is -0.444. The summed E-state index contributed by atoms with van der Waals surface area (Å²) in [7, 11) is 0. The van der Waals surface area contributed by atoms with Crippen molar-refractivity contribution in [3.05, 3.63) is 102 Å². The first kappa shape index (κ1) is 21.9. The van der Waals surface area contributed by atoms with Crippen LogP contribution in [0.3, 0.4) is 0 Å². The van der Waals surface area contributed by atoms with Crippen molar-refractivity contribution in [2.45, 2.75) is 18.0 Å². The molecule has 2 amide bonds. The van der Waals surface area contributed by atoms with Crippen LogP contribution in [0.2, 0.25) is 0 Å². The molecule has 6 nitrogen and oxygen atoms in total. The zero-order valence-electron chi connectivity index (χ0n) is 17.8. The molecule has 0 unspecified atom stereocenters. The van der Waals surface area contributed by atoms with Gasteiger partial charge >= 0.3 is 5.97 Å². The van der Waals surface area contributed by atoms with E-state index in [1.807, 2.05) is 0 Å². The smallest absolute Gasteiger partial charge is 0.325 e. The number of nitrogens with one attached hydrogen (secondary N) is 1. The highest BCUT2D eigenvalue weighted by atomic mass is 19.1. The number of fused-ring (bicyclic) bond motifs is 1. The Morgan fingerprint density at radius 2 is 1.47 bits per heavy atom. The van der Waals surface area contributed by atoms with Crippen LogP contribution < -0.4 is 10.2 Å². The SMILES string of the molecule is O=C1[C@@H]2[C@H](c3ccc(F)cc3)N[C@@](Cc3ccccc3)(C(=O)O)[C@H]2C(=O)N1c1ccc(F)cc1. The quantitative estimate of drug-likeness (QED) is 0.567. The average molecular weight is 462 g/mol. The molecule has 3 aromatic carbocycles. The Kier molecular flexibility index (Phi) is 5.25. The van der Waals surface area contributed by atoms with Crippen molar-refractivity contribution in [2.24, 2.45) is 11.8 Å². The van der Waals surface area contributed by atoms with Crippen LogP contribution in [-0.4, -0.2) is 28.4 Å². The van der Waals surface area contributed by atoms with Gasteiger partial charge in [-0.2, -0.15) is 0 Å². The van der Waals surface area contributed by atoms with Gasteiger partial charge < -0.3 is 5.11 Å². The molecule has 2 aliphatic rings. The van der Waals surface area contributed by atoms with Crippen LogP contribution in [0.1, 0.15) is 17.2 Å². The Hall–Kier alpha value is -3.91. The molecule has 2 saturated heterocycles. The normalized spacial score (nSPS) is 26.1. The number of halogens is 2. The molecule has 3 aromatic rings. The minimum absolute atomic E-state index is 0.0433. The van der Waals surface area contributed by atoms with Crippen molar-refractivity contribution in [1.29, 1.82) is 0 Å². The predicted molar refractivity (Wildman–Crippen MR) is 119 cm³/mol. The van der Waals surface area contributed by atoms with Crippen molar-refractivity contribution in [3.8, 4) is 0 Å². The van der Waals surface area contributed by atoms with E-state index in [4.69, 9.17) is 0 Å². The molecule has 0 bridgehead atoms. The van der Waals surface area contributed by atoms with E-state index >= 15 is 0 Å². The largest absolute Gasteiger partial charge is 0.480 e. The maximum atomic E-state index is 13.7. The fourth-order valence-electron chi connectivity index (χ4n) is 5.16. The number of benzene rings is 3. The van der Waals surface area contributed by atoms with Crippen molar-refractivity contribution >= 4 is 23.5 Å². The molecule has 2 heterocycles. The lowest BCUT2D eigenvalue weighted by Crippen LogP contribution is -2.57. The molecular weight excluding hydrogens is 442 g/mol. The highest BCUT2D eigenvalue weighted by Crippen LogP contribution is 2.50. The van der Waals surface area contributed by atoms with E-state index in [0.717, 1.165) is 17.0 Å². The molecule has 2 N–H and O–H groups in total. The van der Waals surface area contributed by atoms with E-state index in [1.54, 1.807) is 30.3 Å². The Balaban J connectivity index is 1.65. The zero-order chi connectivity index (χ0) is 24.0. The van der Waals surface area contributed by atoms with E-state index in [2.05, 4.69) is 5.32 Å². The molecule has 34 heavy (non-hydrogen) atoms. The highest BCUT2D eigenvalue weighted by Gasteiger charge is 2.68. The number of carbonyl (C=O) groups excluding carboxylic acids is 2. The second kappa shape index (κ2) is 8.14. The van der Waals surface area contributed by atoms with Gasteiger partial charge in [-0.3, -0.25) is 19.7 Å². The third-order valence-corrected chi connectivity index (χ3v) is 6.68. The highest BCUT2D eigenvalue weighted by molar-refractivity contribution is 6.24. The Morgan fingerprint density at radius 1 is 0.882 bits per heavy atom. The minimum Gasteiger partial charge on any atom is -0.480 e. The second-order valence-electron chi connectivity index (χ2n) is 8.60. The number of nitrogens with zero attached hydrogens (tertiary/aromatic N) is 1. The van der Waals surface area contributed by atoms with Gasteiger partial charge in [0, 0.05) is 12.5 Å². The first-order valence-corrected chi connectivity index (χ1v) is 10.8.